The van der Waals surface area contributed by atoms with Gasteiger partial charge in [0.05, 0.1) is 31.6 Å². The normalized spacial score (nSPS) is 24.5. The van der Waals surface area contributed by atoms with E-state index in [-0.39, 0.29) is 28.2 Å². The van der Waals surface area contributed by atoms with Crippen LogP contribution in [0.2, 0.25) is 0 Å². The lowest BCUT2D eigenvalue weighted by molar-refractivity contribution is -0.974. The molecule has 4 aromatic rings. The van der Waals surface area contributed by atoms with E-state index >= 15 is 0 Å². The summed E-state index contributed by atoms with van der Waals surface area (Å²) in [6, 6.07) is 26.2. The number of aromatic nitrogens is 1. The van der Waals surface area contributed by atoms with E-state index in [0.717, 1.165) is 47.2 Å². The molecule has 3 saturated heterocycles. The van der Waals surface area contributed by atoms with Gasteiger partial charge in [-0.05, 0) is 59.5 Å². The van der Waals surface area contributed by atoms with Crippen LogP contribution < -0.4 is 15.2 Å². The number of benzene rings is 3. The van der Waals surface area contributed by atoms with Gasteiger partial charge in [0.2, 0.25) is 0 Å². The van der Waals surface area contributed by atoms with Gasteiger partial charge in [0, 0.05) is 35.9 Å². The lowest BCUT2D eigenvalue weighted by Gasteiger charge is -2.60. The van der Waals surface area contributed by atoms with Crippen molar-refractivity contribution < 1.29 is 19.1 Å². The van der Waals surface area contributed by atoms with E-state index in [1.54, 1.807) is 19.4 Å². The second kappa shape index (κ2) is 11.2. The predicted octanol–water partition coefficient (Wildman–Crippen LogP) is 5.48. The van der Waals surface area contributed by atoms with E-state index in [0.29, 0.717) is 18.0 Å². The van der Waals surface area contributed by atoms with Crippen molar-refractivity contribution in [3.05, 3.63) is 126 Å². The monoisotopic (exact) mass is 545 g/mol. The van der Waals surface area contributed by atoms with Crippen LogP contribution in [0.3, 0.4) is 0 Å². The average Bonchev–Trinajstić information content (AvgIpc) is 3.04. The third-order valence-electron chi connectivity index (χ3n) is 9.08. The van der Waals surface area contributed by atoms with Gasteiger partial charge in [-0.25, -0.2) is 0 Å². The highest BCUT2D eigenvalue weighted by Gasteiger charge is 2.55. The molecule has 208 valence electrons. The van der Waals surface area contributed by atoms with Gasteiger partial charge in [-0.2, -0.15) is 0 Å². The van der Waals surface area contributed by atoms with Crippen LogP contribution in [0.25, 0.3) is 17.0 Å². The van der Waals surface area contributed by atoms with Gasteiger partial charge in [0.15, 0.2) is 0 Å². The molecule has 0 aliphatic carbocycles. The molecule has 1 N–H and O–H groups in total. The summed E-state index contributed by atoms with van der Waals surface area (Å²) in [5.41, 5.74) is 3.23. The second-order valence-electron chi connectivity index (χ2n) is 11.2. The summed E-state index contributed by atoms with van der Waals surface area (Å²) in [5.74, 6) is 1.27. The molecule has 0 radical (unpaired) electrons. The molecule has 5 atom stereocenters. The van der Waals surface area contributed by atoms with Crippen molar-refractivity contribution in [2.75, 3.05) is 20.2 Å². The number of carbonyl (C=O) groups excluding carboxylic acids is 1. The fourth-order valence-corrected chi connectivity index (χ4v) is 6.95. The van der Waals surface area contributed by atoms with Crippen LogP contribution in [0.4, 0.5) is 0 Å². The molecule has 3 aliphatic heterocycles. The lowest BCUT2D eigenvalue weighted by atomic mass is 9.70. The van der Waals surface area contributed by atoms with Gasteiger partial charge in [-0.3, -0.25) is 14.3 Å². The van der Waals surface area contributed by atoms with Crippen molar-refractivity contribution in [2.24, 2.45) is 11.8 Å². The average molecular weight is 546 g/mol. The zero-order valence-electron chi connectivity index (χ0n) is 23.3. The van der Waals surface area contributed by atoms with Crippen molar-refractivity contribution in [2.45, 2.75) is 24.9 Å². The molecule has 3 aromatic carbocycles. The minimum Gasteiger partial charge on any atom is -0.831 e. The molecule has 2 bridgehead atoms. The van der Waals surface area contributed by atoms with Gasteiger partial charge in [-0.15, -0.1) is 6.58 Å². The number of hydrogen-bond donors (Lipinski definition) is 1. The zero-order chi connectivity index (χ0) is 28.4. The van der Waals surface area contributed by atoms with Crippen molar-refractivity contribution in [3.63, 3.8) is 0 Å². The van der Waals surface area contributed by atoms with Gasteiger partial charge < -0.3 is 15.2 Å². The minimum absolute atomic E-state index is 0.0705. The summed E-state index contributed by atoms with van der Waals surface area (Å²) >= 11 is 0. The Morgan fingerprint density at radius 3 is 2.59 bits per heavy atom. The highest BCUT2D eigenvalue weighted by atomic mass is 16.5. The number of methoxy groups -OCH3 is 1. The van der Waals surface area contributed by atoms with Crippen molar-refractivity contribution in [3.8, 4) is 5.75 Å². The van der Waals surface area contributed by atoms with Gasteiger partial charge >= 0.3 is 0 Å². The number of rotatable bonds is 8. The minimum atomic E-state index is -0.429. The molecular weight excluding hydrogens is 510 g/mol. The Balaban J connectivity index is 1.52. The van der Waals surface area contributed by atoms with E-state index in [1.807, 2.05) is 91.0 Å². The molecule has 0 saturated carbocycles. The number of nitrogens with zero attached hydrogens (tertiary/aromatic N) is 2. The first-order valence-electron chi connectivity index (χ1n) is 14.2. The molecule has 1 aromatic heterocycles. The first kappa shape index (κ1) is 26.8. The summed E-state index contributed by atoms with van der Waals surface area (Å²) in [4.78, 5) is 18.4. The van der Waals surface area contributed by atoms with Crippen molar-refractivity contribution in [1.82, 2.24) is 10.3 Å². The Hall–Kier alpha value is -4.42. The third-order valence-corrected chi connectivity index (χ3v) is 9.08. The van der Waals surface area contributed by atoms with Gasteiger partial charge in [0.25, 0.3) is 5.91 Å². The molecule has 41 heavy (non-hydrogen) atoms. The Labute approximate surface area is 241 Å². The van der Waals surface area contributed by atoms with Crippen LogP contribution >= 0.6 is 0 Å². The highest BCUT2D eigenvalue weighted by Crippen LogP contribution is 2.49. The molecule has 3 unspecified atom stereocenters. The number of nitrogens with one attached hydrogen (secondary N) is 1. The molecule has 1 amide bonds. The molecule has 4 heterocycles. The highest BCUT2D eigenvalue weighted by molar-refractivity contribution is 5.95. The molecular formula is C35H35N3O3. The van der Waals surface area contributed by atoms with Gasteiger partial charge in [-0.1, -0.05) is 54.6 Å². The number of hydrogen-bond acceptors (Lipinski definition) is 4. The van der Waals surface area contributed by atoms with Crippen LogP contribution in [-0.2, 0) is 0 Å². The largest absolute Gasteiger partial charge is 0.831 e. The predicted molar refractivity (Wildman–Crippen MR) is 160 cm³/mol. The maximum Gasteiger partial charge on any atom is 0.251 e. The smallest absolute Gasteiger partial charge is 0.251 e. The molecule has 3 aliphatic rings. The SMILES string of the molecule is C=CC1C[N+]2(/C([O-])=C/c3ccccc3)CCC1C[C@H]2[C@H](NC(=O)c1ccccc1)c1ccnc2ccc(OC)cc12. The van der Waals surface area contributed by atoms with Gasteiger partial charge in [0.1, 0.15) is 17.8 Å². The summed E-state index contributed by atoms with van der Waals surface area (Å²) < 4.78 is 5.84. The first-order chi connectivity index (χ1) is 20.0. The van der Waals surface area contributed by atoms with E-state index in [4.69, 9.17) is 4.74 Å². The van der Waals surface area contributed by atoms with Crippen LogP contribution in [0.1, 0.15) is 40.4 Å². The molecule has 7 rings (SSSR count). The third kappa shape index (κ3) is 5.00. The number of fused-ring (bicyclic) bond motifs is 4. The number of ether oxygens (including phenoxy) is 1. The fourth-order valence-electron chi connectivity index (χ4n) is 6.95. The Bertz CT molecular complexity index is 1590. The quantitative estimate of drug-likeness (QED) is 0.181. The maximum absolute atomic E-state index is 14.4. The van der Waals surface area contributed by atoms with Crippen molar-refractivity contribution in [1.29, 1.82) is 0 Å². The molecule has 6 nitrogen and oxygen atoms in total. The van der Waals surface area contributed by atoms with E-state index < -0.39 is 6.04 Å². The van der Waals surface area contributed by atoms with Crippen LogP contribution in [0.5, 0.6) is 5.75 Å². The fraction of sp³-hybridized carbons (Fsp3) is 0.257. The summed E-state index contributed by atoms with van der Waals surface area (Å²) in [6.45, 7) is 5.53. The summed E-state index contributed by atoms with van der Waals surface area (Å²) in [5, 5.41) is 18.7. The summed E-state index contributed by atoms with van der Waals surface area (Å²) in [6.07, 6.45) is 7.34. The Morgan fingerprint density at radius 1 is 1.10 bits per heavy atom. The maximum atomic E-state index is 14.4. The van der Waals surface area contributed by atoms with Crippen LogP contribution in [0.15, 0.2) is 110 Å². The number of amides is 1. The topological polar surface area (TPSA) is 74.3 Å². The zero-order valence-corrected chi connectivity index (χ0v) is 23.3. The second-order valence-corrected chi connectivity index (χ2v) is 11.2. The lowest BCUT2D eigenvalue weighted by Crippen LogP contribution is -2.70. The van der Waals surface area contributed by atoms with Crippen LogP contribution in [0, 0.1) is 11.8 Å². The van der Waals surface area contributed by atoms with E-state index in [1.165, 1.54) is 0 Å². The van der Waals surface area contributed by atoms with E-state index in [9.17, 15) is 9.90 Å². The number of piperidine rings is 3. The Kier molecular flexibility index (Phi) is 7.33. The first-order valence-corrected chi connectivity index (χ1v) is 14.2. The number of carbonyl (C=O) groups is 1. The molecule has 6 heteroatoms. The standard InChI is InChI=1S/C35H35N3O3/c1-3-25-23-38(33(39)20-24-10-6-4-7-11-24)19-17-27(25)21-32(38)34(37-35(40)26-12-8-5-9-13-26)29-16-18-36-31-15-14-28(41-2)22-30(29)31/h3-16,18,20,22,25,27,32,34H,1,17,19,21,23H2,2H3,(H-,37,39,40)/b33-20-/t25?,27?,32-,34+,38?/m0/s1. The molecule has 3 fully saturated rings. The summed E-state index contributed by atoms with van der Waals surface area (Å²) in [7, 11) is 1.64. The van der Waals surface area contributed by atoms with Crippen molar-refractivity contribution >= 4 is 22.9 Å². The molecule has 0 spiro atoms. The number of quaternary nitrogens is 1. The van der Waals surface area contributed by atoms with Crippen LogP contribution in [-0.4, -0.2) is 41.6 Å². The Morgan fingerprint density at radius 2 is 1.85 bits per heavy atom. The van der Waals surface area contributed by atoms with E-state index in [2.05, 4.69) is 16.9 Å². The number of pyridine rings is 1.